The summed E-state index contributed by atoms with van der Waals surface area (Å²) < 4.78 is 0. The van der Waals surface area contributed by atoms with E-state index < -0.39 is 21.8 Å². The Morgan fingerprint density at radius 2 is 1.80 bits per heavy atom. The average molecular weight is 448 g/mol. The van der Waals surface area contributed by atoms with E-state index in [1.165, 1.54) is 36.4 Å². The smallest absolute Gasteiger partial charge is 0.288 e. The van der Waals surface area contributed by atoms with E-state index in [0.717, 1.165) is 0 Å². The highest BCUT2D eigenvalue weighted by Crippen LogP contribution is 2.33. The summed E-state index contributed by atoms with van der Waals surface area (Å²) in [6.45, 7) is 1.65. The van der Waals surface area contributed by atoms with Crippen LogP contribution in [0, 0.1) is 20.2 Å². The number of benzene rings is 2. The Hall–Kier alpha value is -3.57. The number of nitro groups is 2. The van der Waals surface area contributed by atoms with Gasteiger partial charge in [0, 0.05) is 29.6 Å². The molecule has 0 aliphatic carbocycles. The molecule has 3 rings (SSSR count). The zero-order chi connectivity index (χ0) is 22.0. The zero-order valence-corrected chi connectivity index (χ0v) is 16.9. The number of hydrogen-bond acceptors (Lipinski definition) is 6. The number of halogens is 1. The molecule has 0 saturated carbocycles. The van der Waals surface area contributed by atoms with Crippen molar-refractivity contribution in [1.82, 2.24) is 10.6 Å². The van der Waals surface area contributed by atoms with Crippen molar-refractivity contribution in [2.24, 2.45) is 0 Å². The Labute approximate surface area is 180 Å². The maximum Gasteiger partial charge on any atom is 0.288 e. The van der Waals surface area contributed by atoms with Crippen LogP contribution in [0.5, 0.6) is 0 Å². The molecule has 1 heterocycles. The van der Waals surface area contributed by atoms with Crippen LogP contribution in [-0.4, -0.2) is 20.9 Å². The molecule has 0 radical (unpaired) electrons. The lowest BCUT2D eigenvalue weighted by Gasteiger charge is -2.30. The Morgan fingerprint density at radius 3 is 2.40 bits per heavy atom. The fourth-order valence-electron chi connectivity index (χ4n) is 2.96. The minimum absolute atomic E-state index is 0.0298. The Bertz CT molecular complexity index is 1100. The van der Waals surface area contributed by atoms with Gasteiger partial charge in [-0.15, -0.1) is 0 Å². The first kappa shape index (κ1) is 21.1. The molecule has 12 heteroatoms. The van der Waals surface area contributed by atoms with Gasteiger partial charge in [0.2, 0.25) is 0 Å². The van der Waals surface area contributed by atoms with Crippen molar-refractivity contribution in [2.75, 3.05) is 5.32 Å². The first-order valence-electron chi connectivity index (χ1n) is 8.45. The van der Waals surface area contributed by atoms with Gasteiger partial charge >= 0.3 is 0 Å². The molecule has 1 unspecified atom stereocenters. The van der Waals surface area contributed by atoms with E-state index in [-0.39, 0.29) is 27.1 Å². The van der Waals surface area contributed by atoms with Crippen molar-refractivity contribution in [2.45, 2.75) is 13.0 Å². The number of allylic oxidation sites excluding steroid dienone is 1. The molecule has 1 aliphatic rings. The number of amides is 1. The van der Waals surface area contributed by atoms with E-state index in [4.69, 9.17) is 23.8 Å². The topological polar surface area (TPSA) is 139 Å². The van der Waals surface area contributed by atoms with E-state index in [2.05, 4.69) is 16.0 Å². The van der Waals surface area contributed by atoms with Crippen LogP contribution >= 0.6 is 23.8 Å². The lowest BCUT2D eigenvalue weighted by molar-refractivity contribution is -0.385. The summed E-state index contributed by atoms with van der Waals surface area (Å²) in [5.41, 5.74) is 1.07. The van der Waals surface area contributed by atoms with E-state index in [0.29, 0.717) is 16.9 Å². The second-order valence-electron chi connectivity index (χ2n) is 6.30. The number of non-ortho nitro benzene ring substituents is 1. The summed E-state index contributed by atoms with van der Waals surface area (Å²) >= 11 is 11.1. The summed E-state index contributed by atoms with van der Waals surface area (Å²) in [6, 6.07) is 8.79. The number of hydrogen-bond donors (Lipinski definition) is 3. The number of carbonyl (C=O) groups excluding carboxylic acids is 1. The first-order valence-corrected chi connectivity index (χ1v) is 9.24. The van der Waals surface area contributed by atoms with Crippen LogP contribution in [0.4, 0.5) is 17.1 Å². The maximum absolute atomic E-state index is 13.0. The normalized spacial score (nSPS) is 15.8. The largest absolute Gasteiger partial charge is 0.351 e. The fourth-order valence-corrected chi connectivity index (χ4v) is 3.42. The van der Waals surface area contributed by atoms with Crippen LogP contribution < -0.4 is 16.0 Å². The highest BCUT2D eigenvalue weighted by Gasteiger charge is 2.31. The van der Waals surface area contributed by atoms with Crippen LogP contribution in [0.1, 0.15) is 18.5 Å². The molecule has 3 N–H and O–H groups in total. The summed E-state index contributed by atoms with van der Waals surface area (Å²) in [6.07, 6.45) is 0. The van der Waals surface area contributed by atoms with Gasteiger partial charge in [-0.2, -0.15) is 0 Å². The molecule has 2 aromatic rings. The van der Waals surface area contributed by atoms with E-state index in [9.17, 15) is 25.0 Å². The van der Waals surface area contributed by atoms with Crippen molar-refractivity contribution in [3.8, 4) is 0 Å². The number of carbonyl (C=O) groups is 1. The third-order valence-electron chi connectivity index (χ3n) is 4.35. The van der Waals surface area contributed by atoms with Crippen LogP contribution in [0.2, 0.25) is 5.02 Å². The molecule has 1 aliphatic heterocycles. The molecule has 0 fully saturated rings. The molecule has 0 saturated heterocycles. The van der Waals surface area contributed by atoms with Crippen LogP contribution in [0.25, 0.3) is 0 Å². The maximum atomic E-state index is 13.0. The standard InChI is InChI=1S/C18H14ClN5O5S/c1-9-15(17(25)21-11-3-5-12(6-4-11)23(26)27)16(22-18(30)20-9)10-2-7-13(19)14(8-10)24(28)29/h2-8,16H,1H3,(H,21,25)(H2,20,22,30). The molecule has 30 heavy (non-hydrogen) atoms. The highest BCUT2D eigenvalue weighted by molar-refractivity contribution is 7.80. The predicted octanol–water partition coefficient (Wildman–Crippen LogP) is 3.59. The second kappa shape index (κ2) is 8.43. The Kier molecular flexibility index (Phi) is 5.94. The van der Waals surface area contributed by atoms with Crippen molar-refractivity contribution < 1.29 is 14.6 Å². The molecule has 154 valence electrons. The number of thiocarbonyl (C=S) groups is 1. The molecule has 2 aromatic carbocycles. The summed E-state index contributed by atoms with van der Waals surface area (Å²) in [5.74, 6) is -0.508. The minimum atomic E-state index is -0.771. The van der Waals surface area contributed by atoms with Gasteiger partial charge in [0.15, 0.2) is 5.11 Å². The third kappa shape index (κ3) is 4.36. The number of rotatable bonds is 5. The quantitative estimate of drug-likeness (QED) is 0.359. The zero-order valence-electron chi connectivity index (χ0n) is 15.3. The SMILES string of the molecule is CC1=C(C(=O)Nc2ccc([N+](=O)[O-])cc2)C(c2ccc(Cl)c([N+](=O)[O-])c2)NC(=S)N1. The molecule has 0 bridgehead atoms. The number of nitro benzene ring substituents is 2. The Morgan fingerprint density at radius 1 is 1.13 bits per heavy atom. The van der Waals surface area contributed by atoms with E-state index in [1.807, 2.05) is 0 Å². The summed E-state index contributed by atoms with van der Waals surface area (Å²) in [5, 5.41) is 30.7. The van der Waals surface area contributed by atoms with Crippen LogP contribution in [0.15, 0.2) is 53.7 Å². The number of nitrogens with zero attached hydrogens (tertiary/aromatic N) is 2. The van der Waals surface area contributed by atoms with Crippen LogP contribution in [0.3, 0.4) is 0 Å². The summed E-state index contributed by atoms with van der Waals surface area (Å²) in [7, 11) is 0. The van der Waals surface area contributed by atoms with Gasteiger partial charge in [-0.3, -0.25) is 25.0 Å². The van der Waals surface area contributed by atoms with Gasteiger partial charge < -0.3 is 16.0 Å². The monoisotopic (exact) mass is 447 g/mol. The van der Waals surface area contributed by atoms with Gasteiger partial charge in [0.25, 0.3) is 17.3 Å². The van der Waals surface area contributed by atoms with Gasteiger partial charge in [-0.05, 0) is 42.9 Å². The molecule has 0 aromatic heterocycles. The van der Waals surface area contributed by atoms with E-state index in [1.54, 1.807) is 13.0 Å². The molecule has 1 atom stereocenters. The molecular weight excluding hydrogens is 434 g/mol. The van der Waals surface area contributed by atoms with E-state index >= 15 is 0 Å². The molecule has 0 spiro atoms. The number of nitrogens with one attached hydrogen (secondary N) is 3. The predicted molar refractivity (Wildman–Crippen MR) is 114 cm³/mol. The lowest BCUT2D eigenvalue weighted by Crippen LogP contribution is -2.45. The molecule has 10 nitrogen and oxygen atoms in total. The van der Waals surface area contributed by atoms with Crippen LogP contribution in [-0.2, 0) is 4.79 Å². The fraction of sp³-hybridized carbons (Fsp3) is 0.111. The minimum Gasteiger partial charge on any atom is -0.351 e. The number of anilines is 1. The first-order chi connectivity index (χ1) is 14.2. The summed E-state index contributed by atoms with van der Waals surface area (Å²) in [4.78, 5) is 33.9. The second-order valence-corrected chi connectivity index (χ2v) is 7.11. The third-order valence-corrected chi connectivity index (χ3v) is 4.89. The van der Waals surface area contributed by atoms with Crippen molar-refractivity contribution in [3.05, 3.63) is 84.5 Å². The van der Waals surface area contributed by atoms with Crippen molar-refractivity contribution >= 4 is 51.9 Å². The highest BCUT2D eigenvalue weighted by atomic mass is 35.5. The Balaban J connectivity index is 1.95. The average Bonchev–Trinajstić information content (AvgIpc) is 2.67. The van der Waals surface area contributed by atoms with Gasteiger partial charge in [-0.25, -0.2) is 0 Å². The lowest BCUT2D eigenvalue weighted by atomic mass is 9.94. The van der Waals surface area contributed by atoms with Crippen molar-refractivity contribution in [1.29, 1.82) is 0 Å². The van der Waals surface area contributed by atoms with Gasteiger partial charge in [-0.1, -0.05) is 17.7 Å². The molecule has 1 amide bonds. The van der Waals surface area contributed by atoms with Gasteiger partial charge in [0.05, 0.1) is 21.5 Å². The molecular formula is C18H14ClN5O5S. The van der Waals surface area contributed by atoms with Crippen molar-refractivity contribution in [3.63, 3.8) is 0 Å². The van der Waals surface area contributed by atoms with Gasteiger partial charge in [0.1, 0.15) is 5.02 Å².